The number of hydrogen-bond donors (Lipinski definition) is 1. The Kier molecular flexibility index (Phi) is 5.04. The second-order valence-corrected chi connectivity index (χ2v) is 9.48. The van der Waals surface area contributed by atoms with Gasteiger partial charge in [-0.2, -0.15) is 0 Å². The lowest BCUT2D eigenvalue weighted by atomic mass is 9.49. The molecule has 4 aliphatic rings. The zero-order chi connectivity index (χ0) is 18.1. The fourth-order valence-electron chi connectivity index (χ4n) is 5.94. The van der Waals surface area contributed by atoms with E-state index >= 15 is 0 Å². The number of rotatable bonds is 7. The summed E-state index contributed by atoms with van der Waals surface area (Å²) in [6, 6.07) is 0. The topological polar surface area (TPSA) is 68.3 Å². The van der Waals surface area contributed by atoms with Gasteiger partial charge in [0.05, 0.1) is 11.6 Å². The van der Waals surface area contributed by atoms with Crippen LogP contribution in [0.4, 0.5) is 0 Å². The van der Waals surface area contributed by atoms with Gasteiger partial charge >= 0.3 is 5.97 Å². The number of nitrogens with zero attached hydrogens (tertiary/aromatic N) is 1. The molecular formula is C20H28N2O3S. The number of ether oxygens (including phenoxy) is 1. The Labute approximate surface area is 158 Å². The van der Waals surface area contributed by atoms with Crippen molar-refractivity contribution in [2.75, 3.05) is 13.2 Å². The molecule has 1 aromatic rings. The first-order chi connectivity index (χ1) is 12.5. The Morgan fingerprint density at radius 3 is 2.50 bits per heavy atom. The highest BCUT2D eigenvalue weighted by Gasteiger charge is 2.51. The molecule has 142 valence electrons. The molecule has 1 amide bonds. The maximum absolute atomic E-state index is 12.5. The van der Waals surface area contributed by atoms with Crippen LogP contribution in [0, 0.1) is 23.2 Å². The van der Waals surface area contributed by atoms with Gasteiger partial charge in [0.15, 0.2) is 5.69 Å². The molecule has 0 unspecified atom stereocenters. The average Bonchev–Trinajstić information content (AvgIpc) is 3.02. The van der Waals surface area contributed by atoms with Crippen LogP contribution >= 0.6 is 11.3 Å². The van der Waals surface area contributed by atoms with E-state index in [0.29, 0.717) is 31.7 Å². The minimum atomic E-state index is -0.374. The standard InChI is InChI=1S/C20H28N2O3S/c1-2-25-19(24)16-12-26-18(22-16)3-4-21-17(23)11-20-8-13-5-14(9-20)7-15(6-13)10-20/h12-15H,2-11H2,1H3,(H,21,23). The molecule has 1 N–H and O–H groups in total. The van der Waals surface area contributed by atoms with Crippen LogP contribution in [0.5, 0.6) is 0 Å². The minimum absolute atomic E-state index is 0.189. The normalized spacial score (nSPS) is 31.8. The number of carbonyl (C=O) groups excluding carboxylic acids is 2. The lowest BCUT2D eigenvalue weighted by Gasteiger charge is -2.56. The molecule has 1 aromatic heterocycles. The molecule has 0 spiro atoms. The molecule has 0 atom stereocenters. The maximum atomic E-state index is 12.5. The summed E-state index contributed by atoms with van der Waals surface area (Å²) in [7, 11) is 0. The zero-order valence-electron chi connectivity index (χ0n) is 15.5. The van der Waals surface area contributed by atoms with Crippen molar-refractivity contribution in [1.29, 1.82) is 0 Å². The molecule has 4 fully saturated rings. The summed E-state index contributed by atoms with van der Waals surface area (Å²) in [5.41, 5.74) is 0.656. The van der Waals surface area contributed by atoms with Gasteiger partial charge in [0, 0.05) is 24.8 Å². The molecular weight excluding hydrogens is 348 g/mol. The van der Waals surface area contributed by atoms with Crippen molar-refractivity contribution in [3.05, 3.63) is 16.1 Å². The summed E-state index contributed by atoms with van der Waals surface area (Å²) in [5, 5.41) is 5.67. The van der Waals surface area contributed by atoms with Gasteiger partial charge < -0.3 is 10.1 Å². The smallest absolute Gasteiger partial charge is 0.357 e. The molecule has 0 radical (unpaired) electrons. The highest BCUT2D eigenvalue weighted by atomic mass is 32.1. The Morgan fingerprint density at radius 1 is 1.23 bits per heavy atom. The molecule has 1 heterocycles. The van der Waals surface area contributed by atoms with Crippen molar-refractivity contribution < 1.29 is 14.3 Å². The molecule has 26 heavy (non-hydrogen) atoms. The van der Waals surface area contributed by atoms with E-state index in [0.717, 1.165) is 22.8 Å². The van der Waals surface area contributed by atoms with Crippen LogP contribution in [-0.4, -0.2) is 30.0 Å². The van der Waals surface area contributed by atoms with Gasteiger partial charge in [0.1, 0.15) is 0 Å². The molecule has 5 rings (SSSR count). The predicted octanol–water partition coefficient (Wildman–Crippen LogP) is 3.59. The van der Waals surface area contributed by atoms with Gasteiger partial charge in [-0.25, -0.2) is 9.78 Å². The second-order valence-electron chi connectivity index (χ2n) is 8.54. The number of amides is 1. The Morgan fingerprint density at radius 2 is 1.88 bits per heavy atom. The molecule has 5 nitrogen and oxygen atoms in total. The van der Waals surface area contributed by atoms with Gasteiger partial charge in [-0.05, 0) is 68.6 Å². The fraction of sp³-hybridized carbons (Fsp3) is 0.750. The van der Waals surface area contributed by atoms with E-state index in [4.69, 9.17) is 4.74 Å². The first-order valence-corrected chi connectivity index (χ1v) is 10.8. The summed E-state index contributed by atoms with van der Waals surface area (Å²) in [5.74, 6) is 2.46. The van der Waals surface area contributed by atoms with E-state index in [-0.39, 0.29) is 17.3 Å². The first-order valence-electron chi connectivity index (χ1n) is 9.93. The quantitative estimate of drug-likeness (QED) is 0.739. The number of thiazole rings is 1. The van der Waals surface area contributed by atoms with Crippen molar-refractivity contribution in [3.8, 4) is 0 Å². The lowest BCUT2D eigenvalue weighted by molar-refractivity contribution is -0.129. The van der Waals surface area contributed by atoms with E-state index in [1.54, 1.807) is 12.3 Å². The number of aromatic nitrogens is 1. The molecule has 4 bridgehead atoms. The fourth-order valence-corrected chi connectivity index (χ4v) is 6.71. The van der Waals surface area contributed by atoms with Crippen molar-refractivity contribution >= 4 is 23.2 Å². The molecule has 4 aliphatic carbocycles. The van der Waals surface area contributed by atoms with Gasteiger partial charge in [0.2, 0.25) is 5.91 Å². The lowest BCUT2D eigenvalue weighted by Crippen LogP contribution is -2.48. The summed E-state index contributed by atoms with van der Waals surface area (Å²) >= 11 is 1.45. The number of hydrogen-bond acceptors (Lipinski definition) is 5. The minimum Gasteiger partial charge on any atom is -0.461 e. The van der Waals surface area contributed by atoms with Crippen molar-refractivity contribution in [3.63, 3.8) is 0 Å². The van der Waals surface area contributed by atoms with Crippen molar-refractivity contribution in [2.45, 2.75) is 58.3 Å². The van der Waals surface area contributed by atoms with Crippen LogP contribution in [0.3, 0.4) is 0 Å². The van der Waals surface area contributed by atoms with Gasteiger partial charge in [-0.1, -0.05) is 0 Å². The van der Waals surface area contributed by atoms with Crippen LogP contribution in [0.1, 0.15) is 67.4 Å². The largest absolute Gasteiger partial charge is 0.461 e. The SMILES string of the molecule is CCOC(=O)c1csc(CCNC(=O)CC23CC4CC(CC(C4)C2)C3)n1. The number of esters is 1. The number of nitrogens with one attached hydrogen (secondary N) is 1. The van der Waals surface area contributed by atoms with Crippen molar-refractivity contribution in [2.24, 2.45) is 23.2 Å². The first kappa shape index (κ1) is 18.0. The van der Waals surface area contributed by atoms with Crippen molar-refractivity contribution in [1.82, 2.24) is 10.3 Å². The van der Waals surface area contributed by atoms with Gasteiger partial charge in [0.25, 0.3) is 0 Å². The average molecular weight is 377 g/mol. The third kappa shape index (κ3) is 3.80. The third-order valence-corrected chi connectivity index (χ3v) is 7.31. The second kappa shape index (κ2) is 7.29. The summed E-state index contributed by atoms with van der Waals surface area (Å²) in [6.45, 7) is 2.72. The molecule has 0 aromatic carbocycles. The Bertz CT molecular complexity index is 649. The van der Waals surface area contributed by atoms with Crippen LogP contribution in [0.15, 0.2) is 5.38 Å². The highest BCUT2D eigenvalue weighted by Crippen LogP contribution is 2.61. The summed E-state index contributed by atoms with van der Waals surface area (Å²) in [4.78, 5) is 28.5. The van der Waals surface area contributed by atoms with E-state index in [9.17, 15) is 9.59 Å². The third-order valence-electron chi connectivity index (χ3n) is 6.40. The van der Waals surface area contributed by atoms with Gasteiger partial charge in [-0.15, -0.1) is 11.3 Å². The van der Waals surface area contributed by atoms with E-state index in [1.165, 1.54) is 49.9 Å². The van der Waals surface area contributed by atoms with Gasteiger partial charge in [-0.3, -0.25) is 4.79 Å². The van der Waals surface area contributed by atoms with Crippen LogP contribution in [0.25, 0.3) is 0 Å². The Hall–Kier alpha value is -1.43. The number of carbonyl (C=O) groups is 2. The molecule has 6 heteroatoms. The zero-order valence-corrected chi connectivity index (χ0v) is 16.3. The van der Waals surface area contributed by atoms with E-state index in [1.807, 2.05) is 0 Å². The monoisotopic (exact) mass is 376 g/mol. The molecule has 0 saturated heterocycles. The molecule has 0 aliphatic heterocycles. The Balaban J connectivity index is 1.24. The van der Waals surface area contributed by atoms with Crippen LogP contribution in [0.2, 0.25) is 0 Å². The molecule has 4 saturated carbocycles. The van der Waals surface area contributed by atoms with Crippen LogP contribution in [-0.2, 0) is 16.0 Å². The van der Waals surface area contributed by atoms with Crippen LogP contribution < -0.4 is 5.32 Å². The summed E-state index contributed by atoms with van der Waals surface area (Å²) in [6.07, 6.45) is 9.39. The van der Waals surface area contributed by atoms with E-state index in [2.05, 4.69) is 10.3 Å². The predicted molar refractivity (Wildman–Crippen MR) is 100 cm³/mol. The summed E-state index contributed by atoms with van der Waals surface area (Å²) < 4.78 is 4.95. The maximum Gasteiger partial charge on any atom is 0.357 e. The van der Waals surface area contributed by atoms with E-state index < -0.39 is 0 Å². The highest BCUT2D eigenvalue weighted by molar-refractivity contribution is 7.09.